The highest BCUT2D eigenvalue weighted by molar-refractivity contribution is 7.27. The Morgan fingerprint density at radius 2 is 1.04 bits per heavy atom. The Morgan fingerprint density at radius 3 is 1.77 bits per heavy atom. The van der Waals surface area contributed by atoms with Crippen LogP contribution in [0.15, 0.2) is 182 Å². The number of rotatable bonds is 6. The summed E-state index contributed by atoms with van der Waals surface area (Å²) in [5.74, 6) is 0. The molecule has 0 aliphatic carbocycles. The van der Waals surface area contributed by atoms with Crippen LogP contribution in [-0.4, -0.2) is 19.9 Å². The Kier molecular flexibility index (Phi) is 7.83. The van der Waals surface area contributed by atoms with Gasteiger partial charge in [-0.05, 0) is 65.2 Å². The first kappa shape index (κ1) is 32.6. The highest BCUT2D eigenvalue weighted by Crippen LogP contribution is 2.52. The Labute approximate surface area is 331 Å². The summed E-state index contributed by atoms with van der Waals surface area (Å²) < 4.78 is 3.79. The Morgan fingerprint density at radius 1 is 0.393 bits per heavy atom. The fourth-order valence-electron chi connectivity index (χ4n) is 7.81. The Bertz CT molecular complexity index is 3170. The van der Waals surface area contributed by atoms with E-state index < -0.39 is 0 Å². The number of pyridine rings is 4. The molecule has 11 rings (SSSR count). The van der Waals surface area contributed by atoms with E-state index in [0.717, 1.165) is 61.6 Å². The lowest BCUT2D eigenvalue weighted by Crippen LogP contribution is -1.94. The highest BCUT2D eigenvalue weighted by atomic mass is 32.1. The second-order valence-electron chi connectivity index (χ2n) is 13.8. The first-order chi connectivity index (χ1) is 27.8. The van der Waals surface area contributed by atoms with E-state index in [9.17, 15) is 0 Å². The molecule has 0 amide bonds. The number of thiophene rings is 2. The van der Waals surface area contributed by atoms with Crippen molar-refractivity contribution < 1.29 is 0 Å². The lowest BCUT2D eigenvalue weighted by molar-refractivity contribution is 1.22. The van der Waals surface area contributed by atoms with Crippen molar-refractivity contribution in [2.75, 3.05) is 0 Å². The summed E-state index contributed by atoms with van der Waals surface area (Å²) in [7, 11) is 0. The first-order valence-corrected chi connectivity index (χ1v) is 20.2. The molecule has 0 fully saturated rings. The van der Waals surface area contributed by atoms with Crippen LogP contribution in [-0.2, 0) is 0 Å². The number of hydrogen-bond acceptors (Lipinski definition) is 6. The van der Waals surface area contributed by atoms with Crippen molar-refractivity contribution in [1.82, 2.24) is 19.9 Å². The van der Waals surface area contributed by atoms with E-state index in [-0.39, 0.29) is 0 Å². The third kappa shape index (κ3) is 5.50. The highest BCUT2D eigenvalue weighted by Gasteiger charge is 2.24. The van der Waals surface area contributed by atoms with Crippen LogP contribution < -0.4 is 0 Å². The van der Waals surface area contributed by atoms with Gasteiger partial charge in [-0.25, -0.2) is 9.97 Å². The van der Waals surface area contributed by atoms with Gasteiger partial charge in [0.1, 0.15) is 0 Å². The fourth-order valence-corrected chi connectivity index (χ4v) is 10.5. The molecule has 0 unspecified atom stereocenters. The van der Waals surface area contributed by atoms with Crippen LogP contribution in [0, 0.1) is 0 Å². The SMILES string of the molecule is c1ccc(-c2nc3ccccc3c3c(-c4ccc(-c5cc(-c6ccccn6)nc(-c6ccccn6)c5)cc4)c(-c4cccc5c4sc4ccccc45)sc23)cc1. The predicted molar refractivity (Wildman–Crippen MR) is 236 cm³/mol. The summed E-state index contributed by atoms with van der Waals surface area (Å²) in [5.41, 5.74) is 12.2. The van der Waals surface area contributed by atoms with Gasteiger partial charge < -0.3 is 0 Å². The summed E-state index contributed by atoms with van der Waals surface area (Å²) in [4.78, 5) is 20.9. The first-order valence-electron chi connectivity index (χ1n) is 18.5. The second kappa shape index (κ2) is 13.5. The molecule has 6 heteroatoms. The van der Waals surface area contributed by atoms with Crippen LogP contribution in [0.3, 0.4) is 0 Å². The smallest absolute Gasteiger partial charge is 0.0900 e. The molecule has 4 nitrogen and oxygen atoms in total. The summed E-state index contributed by atoms with van der Waals surface area (Å²) in [6.45, 7) is 0. The van der Waals surface area contributed by atoms with E-state index in [2.05, 4.69) is 143 Å². The van der Waals surface area contributed by atoms with Crippen LogP contribution in [0.4, 0.5) is 0 Å². The number of para-hydroxylation sites is 1. The molecule has 0 spiro atoms. The van der Waals surface area contributed by atoms with Gasteiger partial charge in [0.2, 0.25) is 0 Å². The number of nitrogens with zero attached hydrogens (tertiary/aromatic N) is 4. The topological polar surface area (TPSA) is 51.6 Å². The molecule has 5 aromatic carbocycles. The van der Waals surface area contributed by atoms with Gasteiger partial charge in [-0.3, -0.25) is 9.97 Å². The van der Waals surface area contributed by atoms with Gasteiger partial charge in [-0.1, -0.05) is 121 Å². The average Bonchev–Trinajstić information content (AvgIpc) is 3.87. The molecular formula is C50H30N4S2. The quantitative estimate of drug-likeness (QED) is 0.170. The zero-order chi connectivity index (χ0) is 37.0. The zero-order valence-corrected chi connectivity index (χ0v) is 31.6. The van der Waals surface area contributed by atoms with Crippen LogP contribution in [0.1, 0.15) is 0 Å². The molecule has 56 heavy (non-hydrogen) atoms. The molecule has 0 bridgehead atoms. The number of benzene rings is 5. The van der Waals surface area contributed by atoms with Gasteiger partial charge in [0.15, 0.2) is 0 Å². The lowest BCUT2D eigenvalue weighted by Gasteiger charge is -2.12. The van der Waals surface area contributed by atoms with E-state index in [1.807, 2.05) is 71.5 Å². The Balaban J connectivity index is 1.16. The van der Waals surface area contributed by atoms with E-state index in [1.54, 1.807) is 0 Å². The van der Waals surface area contributed by atoms with Gasteiger partial charge in [-0.15, -0.1) is 22.7 Å². The maximum Gasteiger partial charge on any atom is 0.0900 e. The molecule has 0 aliphatic rings. The molecular weight excluding hydrogens is 721 g/mol. The third-order valence-corrected chi connectivity index (χ3v) is 12.9. The monoisotopic (exact) mass is 750 g/mol. The molecule has 0 saturated heterocycles. The second-order valence-corrected chi connectivity index (χ2v) is 15.8. The fraction of sp³-hybridized carbons (Fsp3) is 0. The molecule has 0 aliphatic heterocycles. The molecule has 0 atom stereocenters. The zero-order valence-electron chi connectivity index (χ0n) is 29.9. The number of fused-ring (bicyclic) bond motifs is 6. The summed E-state index contributed by atoms with van der Waals surface area (Å²) in [6.07, 6.45) is 3.62. The van der Waals surface area contributed by atoms with Gasteiger partial charge >= 0.3 is 0 Å². The van der Waals surface area contributed by atoms with E-state index in [4.69, 9.17) is 9.97 Å². The summed E-state index contributed by atoms with van der Waals surface area (Å²) >= 11 is 3.73. The molecule has 11 aromatic rings. The van der Waals surface area contributed by atoms with Gasteiger partial charge in [0, 0.05) is 64.9 Å². The molecule has 0 saturated carbocycles. The number of hydrogen-bond donors (Lipinski definition) is 0. The van der Waals surface area contributed by atoms with Crippen LogP contribution in [0.5, 0.6) is 0 Å². The summed E-state index contributed by atoms with van der Waals surface area (Å²) in [5, 5.41) is 4.98. The maximum atomic E-state index is 5.33. The minimum Gasteiger partial charge on any atom is -0.255 e. The third-order valence-electron chi connectivity index (χ3n) is 10.4. The predicted octanol–water partition coefficient (Wildman–Crippen LogP) is 14.0. The maximum absolute atomic E-state index is 5.33. The van der Waals surface area contributed by atoms with Crippen LogP contribution in [0.2, 0.25) is 0 Å². The van der Waals surface area contributed by atoms with E-state index in [0.29, 0.717) is 0 Å². The minimum absolute atomic E-state index is 0.808. The van der Waals surface area contributed by atoms with Crippen molar-refractivity contribution in [3.63, 3.8) is 0 Å². The van der Waals surface area contributed by atoms with Crippen molar-refractivity contribution in [3.8, 4) is 66.7 Å². The van der Waals surface area contributed by atoms with Gasteiger partial charge in [0.05, 0.1) is 38.7 Å². The van der Waals surface area contributed by atoms with Gasteiger partial charge in [-0.2, -0.15) is 0 Å². The molecule has 262 valence electrons. The van der Waals surface area contributed by atoms with E-state index >= 15 is 0 Å². The summed E-state index contributed by atoms with van der Waals surface area (Å²) in [6, 6.07) is 59.9. The van der Waals surface area contributed by atoms with Crippen molar-refractivity contribution >= 4 is 63.8 Å². The van der Waals surface area contributed by atoms with Crippen molar-refractivity contribution in [1.29, 1.82) is 0 Å². The molecule has 0 N–H and O–H groups in total. The Hall–Kier alpha value is -6.86. The van der Waals surface area contributed by atoms with Crippen molar-refractivity contribution in [2.24, 2.45) is 0 Å². The largest absolute Gasteiger partial charge is 0.255 e. The normalized spacial score (nSPS) is 11.6. The number of aromatic nitrogens is 4. The average molecular weight is 751 g/mol. The molecule has 0 radical (unpaired) electrons. The van der Waals surface area contributed by atoms with Crippen molar-refractivity contribution in [2.45, 2.75) is 0 Å². The lowest BCUT2D eigenvalue weighted by atomic mass is 9.93. The van der Waals surface area contributed by atoms with Crippen molar-refractivity contribution in [3.05, 3.63) is 182 Å². The molecule has 6 heterocycles. The van der Waals surface area contributed by atoms with E-state index in [1.165, 1.54) is 46.3 Å². The van der Waals surface area contributed by atoms with Crippen LogP contribution >= 0.6 is 22.7 Å². The van der Waals surface area contributed by atoms with Gasteiger partial charge in [0.25, 0.3) is 0 Å². The standard InChI is InChI=1S/C50H30N4S2/c1-2-13-33(14-3-1)47-50-46(37-16-4-6-19-39(37)54-47)45(49(56-50)38-18-12-17-36-35-15-5-7-22-44(35)55-48(36)38)32-25-23-31(24-26-32)34-29-42(40-20-8-10-27-51-40)53-43(30-34)41-21-9-11-28-52-41/h1-30H. The van der Waals surface area contributed by atoms with Crippen LogP contribution in [0.25, 0.3) is 108 Å². The molecule has 6 aromatic heterocycles. The minimum atomic E-state index is 0.808.